The van der Waals surface area contributed by atoms with Gasteiger partial charge in [0.15, 0.2) is 0 Å². The van der Waals surface area contributed by atoms with E-state index in [1.54, 1.807) is 6.07 Å². The van der Waals surface area contributed by atoms with Crippen molar-refractivity contribution < 1.29 is 28.0 Å². The van der Waals surface area contributed by atoms with Crippen LogP contribution in [-0.4, -0.2) is 35.1 Å². The summed E-state index contributed by atoms with van der Waals surface area (Å²) in [6.45, 7) is 0.456. The largest absolute Gasteiger partial charge is 0.423 e. The quantitative estimate of drug-likeness (QED) is 0.520. The molecule has 2 N–H and O–H groups in total. The van der Waals surface area contributed by atoms with Gasteiger partial charge in [-0.15, -0.1) is 0 Å². The van der Waals surface area contributed by atoms with Crippen LogP contribution in [0, 0.1) is 16.0 Å². The number of aliphatic hydroxyl groups is 1. The van der Waals surface area contributed by atoms with Crippen molar-refractivity contribution in [3.8, 4) is 0 Å². The second-order valence-corrected chi connectivity index (χ2v) is 8.52. The summed E-state index contributed by atoms with van der Waals surface area (Å²) in [5.74, 6) is -0.558. The molecule has 1 aliphatic carbocycles. The molecule has 1 atom stereocenters. The molecule has 0 radical (unpaired) electrons. The number of hydrogen-bond acceptors (Lipinski definition) is 5. The van der Waals surface area contributed by atoms with E-state index < -0.39 is 28.5 Å². The molecule has 1 unspecified atom stereocenters. The van der Waals surface area contributed by atoms with Gasteiger partial charge < -0.3 is 15.3 Å². The highest BCUT2D eigenvalue weighted by Gasteiger charge is 2.41. The summed E-state index contributed by atoms with van der Waals surface area (Å²) in [7, 11) is 0. The molecule has 2 aromatic carbocycles. The number of nitrogens with zero attached hydrogens (tertiary/aromatic N) is 2. The van der Waals surface area contributed by atoms with E-state index in [9.17, 15) is 33.2 Å². The van der Waals surface area contributed by atoms with Crippen molar-refractivity contribution in [2.75, 3.05) is 23.3 Å². The number of alkyl halides is 3. The third-order valence-corrected chi connectivity index (χ3v) is 6.43. The molecule has 0 bridgehead atoms. The number of nitro groups is 1. The molecule has 4 rings (SSSR count). The smallest absolute Gasteiger partial charge is 0.393 e. The Hall–Kier alpha value is -3.14. The fraction of sp³-hybridized carbons (Fsp3) is 0.435. The maximum Gasteiger partial charge on any atom is 0.423 e. The van der Waals surface area contributed by atoms with Crippen LogP contribution in [0.1, 0.15) is 36.0 Å². The maximum atomic E-state index is 13.3. The molecule has 10 heteroatoms. The number of carbonyl (C=O) groups excluding carboxylic acids is 1. The fourth-order valence-corrected chi connectivity index (χ4v) is 4.71. The number of piperidine rings is 1. The number of benzene rings is 2. The molecule has 2 aliphatic rings. The Morgan fingerprint density at radius 3 is 2.48 bits per heavy atom. The second kappa shape index (κ2) is 9.01. The number of fused-ring (bicyclic) bond motifs is 1. The van der Waals surface area contributed by atoms with Gasteiger partial charge in [0.25, 0.3) is 0 Å². The van der Waals surface area contributed by atoms with Crippen LogP contribution < -0.4 is 10.2 Å². The number of amides is 1. The minimum Gasteiger partial charge on any atom is -0.393 e. The number of anilines is 2. The van der Waals surface area contributed by atoms with Crippen LogP contribution in [-0.2, 0) is 23.8 Å². The van der Waals surface area contributed by atoms with Crippen LogP contribution in [0.15, 0.2) is 36.4 Å². The Bertz CT molecular complexity index is 1070. The molecule has 2 aromatic rings. The highest BCUT2D eigenvalue weighted by Crippen LogP contribution is 2.42. The topological polar surface area (TPSA) is 95.7 Å². The van der Waals surface area contributed by atoms with Gasteiger partial charge in [0.1, 0.15) is 11.3 Å². The summed E-state index contributed by atoms with van der Waals surface area (Å²) in [5.41, 5.74) is 0.390. The molecule has 1 saturated heterocycles. The van der Waals surface area contributed by atoms with Crippen LogP contribution >= 0.6 is 0 Å². The lowest BCUT2D eigenvalue weighted by Gasteiger charge is -2.33. The van der Waals surface area contributed by atoms with Crippen LogP contribution in [0.5, 0.6) is 0 Å². The number of aliphatic hydroxyl groups excluding tert-OH is 1. The molecule has 1 heterocycles. The molecule has 1 amide bonds. The van der Waals surface area contributed by atoms with E-state index in [1.165, 1.54) is 11.0 Å². The molecule has 176 valence electrons. The van der Waals surface area contributed by atoms with Gasteiger partial charge in [-0.3, -0.25) is 14.9 Å². The van der Waals surface area contributed by atoms with Crippen molar-refractivity contribution in [2.24, 2.45) is 5.92 Å². The number of rotatable bonds is 4. The van der Waals surface area contributed by atoms with Crippen molar-refractivity contribution in [3.63, 3.8) is 0 Å². The number of para-hydroxylation sites is 1. The van der Waals surface area contributed by atoms with Crippen LogP contribution in [0.3, 0.4) is 0 Å². The zero-order chi connectivity index (χ0) is 23.8. The Morgan fingerprint density at radius 1 is 1.12 bits per heavy atom. The Labute approximate surface area is 188 Å². The monoisotopic (exact) mass is 463 g/mol. The molecule has 1 aliphatic heterocycles. The van der Waals surface area contributed by atoms with Gasteiger partial charge in [-0.1, -0.05) is 18.2 Å². The maximum absolute atomic E-state index is 13.3. The van der Waals surface area contributed by atoms with Crippen molar-refractivity contribution in [2.45, 2.75) is 44.4 Å². The van der Waals surface area contributed by atoms with E-state index >= 15 is 0 Å². The van der Waals surface area contributed by atoms with Crippen molar-refractivity contribution >= 4 is 23.0 Å². The molecular formula is C23H24F3N3O4. The van der Waals surface area contributed by atoms with Crippen molar-refractivity contribution in [3.05, 3.63) is 63.2 Å². The first-order valence-corrected chi connectivity index (χ1v) is 10.8. The van der Waals surface area contributed by atoms with Crippen LogP contribution in [0.4, 0.5) is 30.2 Å². The first-order valence-electron chi connectivity index (χ1n) is 10.8. The molecule has 0 aromatic heterocycles. The second-order valence-electron chi connectivity index (χ2n) is 8.52. The summed E-state index contributed by atoms with van der Waals surface area (Å²) in [6.07, 6.45) is -2.66. The number of aryl methyl sites for hydroxylation is 1. The lowest BCUT2D eigenvalue weighted by atomic mass is 9.88. The average molecular weight is 463 g/mol. The lowest BCUT2D eigenvalue weighted by molar-refractivity contribution is -0.387. The molecule has 0 spiro atoms. The first kappa shape index (κ1) is 23.0. The zero-order valence-corrected chi connectivity index (χ0v) is 17.8. The molecule has 7 nitrogen and oxygen atoms in total. The average Bonchev–Trinajstić information content (AvgIpc) is 2.78. The summed E-state index contributed by atoms with van der Waals surface area (Å²) in [4.78, 5) is 24.9. The summed E-state index contributed by atoms with van der Waals surface area (Å²) in [6, 6.07) is 8.83. The molecule has 33 heavy (non-hydrogen) atoms. The normalized spacial score (nSPS) is 19.2. The minimum atomic E-state index is -4.83. The fourth-order valence-electron chi connectivity index (χ4n) is 4.71. The number of nitrogens with one attached hydrogen (secondary N) is 1. The first-order chi connectivity index (χ1) is 15.6. The Morgan fingerprint density at radius 2 is 1.82 bits per heavy atom. The van der Waals surface area contributed by atoms with E-state index in [0.717, 1.165) is 23.6 Å². The summed E-state index contributed by atoms with van der Waals surface area (Å²) < 4.78 is 39.9. The van der Waals surface area contributed by atoms with Gasteiger partial charge in [-0.25, -0.2) is 0 Å². The molecule has 1 fully saturated rings. The summed E-state index contributed by atoms with van der Waals surface area (Å²) in [5, 5.41) is 24.4. The number of carbonyl (C=O) groups is 1. The van der Waals surface area contributed by atoms with Crippen molar-refractivity contribution in [1.82, 2.24) is 0 Å². The van der Waals surface area contributed by atoms with Gasteiger partial charge in [0.2, 0.25) is 5.91 Å². The van der Waals surface area contributed by atoms with Crippen LogP contribution in [0.25, 0.3) is 0 Å². The number of nitro benzene ring substituents is 1. The van der Waals surface area contributed by atoms with E-state index in [4.69, 9.17) is 0 Å². The van der Waals surface area contributed by atoms with E-state index in [1.807, 2.05) is 12.1 Å². The molecular weight excluding hydrogens is 439 g/mol. The van der Waals surface area contributed by atoms with Gasteiger partial charge >= 0.3 is 11.9 Å². The molecule has 0 saturated carbocycles. The zero-order valence-electron chi connectivity index (χ0n) is 17.8. The lowest BCUT2D eigenvalue weighted by Crippen LogP contribution is -2.38. The highest BCUT2D eigenvalue weighted by atomic mass is 19.4. The van der Waals surface area contributed by atoms with Gasteiger partial charge in [-0.2, -0.15) is 13.2 Å². The number of halogens is 3. The van der Waals surface area contributed by atoms with Gasteiger partial charge in [0.05, 0.1) is 11.0 Å². The summed E-state index contributed by atoms with van der Waals surface area (Å²) >= 11 is 0. The standard InChI is InChI=1S/C23H24F3N3O4/c24-23(25,26)18-4-2-6-20(21(18)29(32)33)28-11-9-15(10-12-28)22(31)27-19-5-1-3-14-7-8-16(30)13-17(14)19/h1-6,15-16,30H,7-13H2,(H,27,31). The van der Waals surface area contributed by atoms with E-state index in [0.29, 0.717) is 37.4 Å². The third kappa shape index (κ3) is 4.80. The Kier molecular flexibility index (Phi) is 6.29. The Balaban J connectivity index is 1.46. The highest BCUT2D eigenvalue weighted by molar-refractivity contribution is 5.93. The van der Waals surface area contributed by atoms with Crippen molar-refractivity contribution in [1.29, 1.82) is 0 Å². The van der Waals surface area contributed by atoms with E-state index in [2.05, 4.69) is 5.32 Å². The SMILES string of the molecule is O=C(Nc1cccc2c1CC(O)CC2)C1CCN(c2cccc(C(F)(F)F)c2[N+](=O)[O-])CC1. The third-order valence-electron chi connectivity index (χ3n) is 6.43. The van der Waals surface area contributed by atoms with Crippen LogP contribution in [0.2, 0.25) is 0 Å². The minimum absolute atomic E-state index is 0.0835. The predicted molar refractivity (Wildman–Crippen MR) is 116 cm³/mol. The number of hydrogen-bond donors (Lipinski definition) is 2. The van der Waals surface area contributed by atoms with Gasteiger partial charge in [-0.05, 0) is 55.0 Å². The van der Waals surface area contributed by atoms with Gasteiger partial charge in [0, 0.05) is 31.1 Å². The van der Waals surface area contributed by atoms with E-state index in [-0.39, 0.29) is 30.6 Å². The predicted octanol–water partition coefficient (Wildman–Crippen LogP) is 4.32.